The highest BCUT2D eigenvalue weighted by molar-refractivity contribution is 5.20. The summed E-state index contributed by atoms with van der Waals surface area (Å²) in [5.74, 6) is 2.73. The molecule has 2 saturated heterocycles. The summed E-state index contributed by atoms with van der Waals surface area (Å²) in [6, 6.07) is 0. The number of morpholine rings is 1. The molecule has 2 fully saturated rings. The fraction of sp³-hybridized carbons (Fsp3) is 0.714. The van der Waals surface area contributed by atoms with Crippen LogP contribution in [0.3, 0.4) is 0 Å². The second-order valence-corrected chi connectivity index (χ2v) is 2.74. The molecule has 2 rings (SSSR count). The highest BCUT2D eigenvalue weighted by atomic mass is 16.5. The van der Waals surface area contributed by atoms with E-state index in [4.69, 9.17) is 11.2 Å². The van der Waals surface area contributed by atoms with Crippen LogP contribution >= 0.6 is 0 Å². The molecule has 0 aliphatic carbocycles. The van der Waals surface area contributed by atoms with E-state index in [2.05, 4.69) is 11.2 Å². The van der Waals surface area contributed by atoms with Gasteiger partial charge in [-0.25, -0.2) is 0 Å². The summed E-state index contributed by atoms with van der Waals surface area (Å²) >= 11 is 0. The zero-order valence-electron chi connectivity index (χ0n) is 5.18. The van der Waals surface area contributed by atoms with Crippen LogP contribution in [0.15, 0.2) is 0 Å². The van der Waals surface area contributed by atoms with Gasteiger partial charge >= 0.3 is 0 Å². The van der Waals surface area contributed by atoms with Crippen molar-refractivity contribution in [3.05, 3.63) is 0 Å². The van der Waals surface area contributed by atoms with Crippen LogP contribution in [0.4, 0.5) is 0 Å². The van der Waals surface area contributed by atoms with Gasteiger partial charge in [-0.05, 0) is 0 Å². The average Bonchev–Trinajstić information content (AvgIpc) is 2.46. The zero-order valence-corrected chi connectivity index (χ0v) is 5.18. The summed E-state index contributed by atoms with van der Waals surface area (Å²) < 4.78 is 5.34. The molecular formula is C7H9NO. The van der Waals surface area contributed by atoms with Crippen molar-refractivity contribution in [1.82, 2.24) is 5.32 Å². The molecule has 0 aromatic rings. The summed E-state index contributed by atoms with van der Waals surface area (Å²) in [6.45, 7) is 1.64. The number of terminal acetylenes is 1. The summed E-state index contributed by atoms with van der Waals surface area (Å²) in [6.07, 6.45) is 6.71. The minimum absolute atomic E-state index is 0.0926. The molecule has 1 N–H and O–H groups in total. The lowest BCUT2D eigenvalue weighted by Crippen LogP contribution is -2.43. The zero-order chi connectivity index (χ0) is 6.32. The van der Waals surface area contributed by atoms with E-state index in [1.807, 2.05) is 0 Å². The third kappa shape index (κ3) is 0.592. The SMILES string of the molecule is C#CC12COC(CN1)C2. The van der Waals surface area contributed by atoms with Crippen molar-refractivity contribution in [2.24, 2.45) is 0 Å². The Bertz CT molecular complexity index is 162. The molecule has 2 aliphatic rings. The summed E-state index contributed by atoms with van der Waals surface area (Å²) in [5.41, 5.74) is -0.0926. The Kier molecular flexibility index (Phi) is 0.879. The maximum atomic E-state index is 5.34. The fourth-order valence-electron chi connectivity index (χ4n) is 1.48. The Balaban J connectivity index is 2.25. The van der Waals surface area contributed by atoms with Gasteiger partial charge in [0.05, 0.1) is 12.7 Å². The standard InChI is InChI=1S/C7H9NO/c1-2-7-3-6(4-8-7)9-5-7/h1,6,8H,3-5H2. The van der Waals surface area contributed by atoms with Crippen molar-refractivity contribution < 1.29 is 4.74 Å². The topological polar surface area (TPSA) is 21.3 Å². The molecule has 0 saturated carbocycles. The number of rotatable bonds is 0. The van der Waals surface area contributed by atoms with Gasteiger partial charge < -0.3 is 4.74 Å². The Hall–Kier alpha value is -0.520. The lowest BCUT2D eigenvalue weighted by atomic mass is 10.0. The molecule has 48 valence electrons. The molecule has 0 spiro atoms. The number of hydrogen-bond acceptors (Lipinski definition) is 2. The molecule has 2 heteroatoms. The van der Waals surface area contributed by atoms with E-state index in [9.17, 15) is 0 Å². The predicted octanol–water partition coefficient (Wildman–Crippen LogP) is -0.250. The molecule has 2 bridgehead atoms. The molecule has 2 atom stereocenters. The van der Waals surface area contributed by atoms with Gasteiger partial charge in [0.15, 0.2) is 0 Å². The van der Waals surface area contributed by atoms with Crippen LogP contribution in [0.1, 0.15) is 6.42 Å². The molecule has 9 heavy (non-hydrogen) atoms. The van der Waals surface area contributed by atoms with Gasteiger partial charge in [0.1, 0.15) is 5.54 Å². The van der Waals surface area contributed by atoms with E-state index in [1.54, 1.807) is 0 Å². The highest BCUT2D eigenvalue weighted by Crippen LogP contribution is 2.28. The van der Waals surface area contributed by atoms with Crippen molar-refractivity contribution in [1.29, 1.82) is 0 Å². The number of fused-ring (bicyclic) bond motifs is 2. The first-order chi connectivity index (χ1) is 4.35. The number of ether oxygens (including phenoxy) is 1. The first-order valence-corrected chi connectivity index (χ1v) is 3.19. The van der Waals surface area contributed by atoms with Crippen LogP contribution in [0.25, 0.3) is 0 Å². The van der Waals surface area contributed by atoms with Crippen molar-refractivity contribution in [3.8, 4) is 12.3 Å². The molecule has 2 aliphatic heterocycles. The van der Waals surface area contributed by atoms with Gasteiger partial charge in [-0.3, -0.25) is 5.32 Å². The molecule has 0 radical (unpaired) electrons. The largest absolute Gasteiger partial charge is 0.374 e. The monoisotopic (exact) mass is 123 g/mol. The van der Waals surface area contributed by atoms with Crippen molar-refractivity contribution in [2.75, 3.05) is 13.2 Å². The second-order valence-electron chi connectivity index (χ2n) is 2.74. The molecule has 0 amide bonds. The summed E-state index contributed by atoms with van der Waals surface area (Å²) in [4.78, 5) is 0. The Morgan fingerprint density at radius 2 is 2.67 bits per heavy atom. The highest BCUT2D eigenvalue weighted by Gasteiger charge is 2.44. The van der Waals surface area contributed by atoms with Crippen molar-refractivity contribution in [2.45, 2.75) is 18.1 Å². The maximum Gasteiger partial charge on any atom is 0.106 e. The molecule has 2 heterocycles. The van der Waals surface area contributed by atoms with Crippen LogP contribution in [-0.4, -0.2) is 24.8 Å². The second kappa shape index (κ2) is 1.50. The van der Waals surface area contributed by atoms with Crippen LogP contribution in [0.5, 0.6) is 0 Å². The van der Waals surface area contributed by atoms with Crippen LogP contribution < -0.4 is 5.32 Å². The van der Waals surface area contributed by atoms with Gasteiger partial charge in [-0.2, -0.15) is 0 Å². The van der Waals surface area contributed by atoms with E-state index in [1.165, 1.54) is 0 Å². The van der Waals surface area contributed by atoms with Crippen LogP contribution in [0, 0.1) is 12.3 Å². The van der Waals surface area contributed by atoms with E-state index in [0.29, 0.717) is 12.7 Å². The minimum atomic E-state index is -0.0926. The lowest BCUT2D eigenvalue weighted by Gasteiger charge is -2.19. The van der Waals surface area contributed by atoms with E-state index in [-0.39, 0.29) is 5.54 Å². The Morgan fingerprint density at radius 3 is 2.89 bits per heavy atom. The van der Waals surface area contributed by atoms with Crippen LogP contribution in [0.2, 0.25) is 0 Å². The van der Waals surface area contributed by atoms with Crippen molar-refractivity contribution in [3.63, 3.8) is 0 Å². The molecule has 0 aromatic carbocycles. The molecular weight excluding hydrogens is 114 g/mol. The van der Waals surface area contributed by atoms with Gasteiger partial charge in [-0.1, -0.05) is 5.92 Å². The van der Waals surface area contributed by atoms with Gasteiger partial charge in [0, 0.05) is 13.0 Å². The number of nitrogens with one attached hydrogen (secondary N) is 1. The van der Waals surface area contributed by atoms with E-state index < -0.39 is 0 Å². The summed E-state index contributed by atoms with van der Waals surface area (Å²) in [5, 5.41) is 3.26. The summed E-state index contributed by atoms with van der Waals surface area (Å²) in [7, 11) is 0. The van der Waals surface area contributed by atoms with E-state index in [0.717, 1.165) is 13.0 Å². The number of hydrogen-bond donors (Lipinski definition) is 1. The van der Waals surface area contributed by atoms with Crippen molar-refractivity contribution >= 4 is 0 Å². The Morgan fingerprint density at radius 1 is 1.78 bits per heavy atom. The molecule has 0 aromatic heterocycles. The van der Waals surface area contributed by atoms with Gasteiger partial charge in [0.2, 0.25) is 0 Å². The first kappa shape index (κ1) is 5.28. The Labute approximate surface area is 54.6 Å². The van der Waals surface area contributed by atoms with Gasteiger partial charge in [-0.15, -0.1) is 6.42 Å². The third-order valence-electron chi connectivity index (χ3n) is 2.09. The van der Waals surface area contributed by atoms with E-state index >= 15 is 0 Å². The quantitative estimate of drug-likeness (QED) is 0.448. The molecule has 2 unspecified atom stereocenters. The first-order valence-electron chi connectivity index (χ1n) is 3.19. The minimum Gasteiger partial charge on any atom is -0.374 e. The average molecular weight is 123 g/mol. The maximum absolute atomic E-state index is 5.34. The molecule has 2 nitrogen and oxygen atoms in total. The normalized spacial score (nSPS) is 47.2. The predicted molar refractivity (Wildman–Crippen MR) is 33.9 cm³/mol. The third-order valence-corrected chi connectivity index (χ3v) is 2.09. The smallest absolute Gasteiger partial charge is 0.106 e. The fourth-order valence-corrected chi connectivity index (χ4v) is 1.48. The van der Waals surface area contributed by atoms with Crippen LogP contribution in [-0.2, 0) is 4.74 Å². The van der Waals surface area contributed by atoms with Gasteiger partial charge in [0.25, 0.3) is 0 Å². The lowest BCUT2D eigenvalue weighted by molar-refractivity contribution is 0.0804.